The zero-order valence-electron chi connectivity index (χ0n) is 18.2. The van der Waals surface area contributed by atoms with Gasteiger partial charge < -0.3 is 14.9 Å². The first-order chi connectivity index (χ1) is 16.1. The van der Waals surface area contributed by atoms with Crippen molar-refractivity contribution in [3.8, 4) is 0 Å². The molecule has 3 rings (SSSR count). The van der Waals surface area contributed by atoms with Crippen LogP contribution in [0.2, 0.25) is 0 Å². The lowest BCUT2D eigenvalue weighted by Crippen LogP contribution is -2.31. The van der Waals surface area contributed by atoms with Crippen molar-refractivity contribution in [2.45, 2.75) is 26.7 Å². The predicted octanol–water partition coefficient (Wildman–Crippen LogP) is 1.79. The van der Waals surface area contributed by atoms with Gasteiger partial charge in [0.2, 0.25) is 11.8 Å². The van der Waals surface area contributed by atoms with E-state index in [2.05, 4.69) is 5.32 Å². The smallest absolute Gasteiger partial charge is 0.342 e. The van der Waals surface area contributed by atoms with Crippen molar-refractivity contribution in [2.75, 3.05) is 18.5 Å². The van der Waals surface area contributed by atoms with E-state index in [1.54, 1.807) is 6.92 Å². The normalized spacial score (nSPS) is 12.5. The van der Waals surface area contributed by atoms with E-state index in [9.17, 15) is 34.1 Å². The lowest BCUT2D eigenvalue weighted by atomic mass is 10.1. The van der Waals surface area contributed by atoms with Crippen LogP contribution in [0.4, 0.5) is 11.6 Å². The van der Waals surface area contributed by atoms with Gasteiger partial charge in [0.1, 0.15) is 16.9 Å². The number of anilines is 1. The van der Waals surface area contributed by atoms with Crippen molar-refractivity contribution in [1.29, 1.82) is 0 Å². The number of nitrogens with two attached hydrogens (primary N) is 1. The van der Waals surface area contributed by atoms with Crippen molar-refractivity contribution >= 4 is 41.2 Å². The fourth-order valence-electron chi connectivity index (χ4n) is 3.50. The van der Waals surface area contributed by atoms with E-state index in [0.29, 0.717) is 0 Å². The third-order valence-electron chi connectivity index (χ3n) is 5.01. The Morgan fingerprint density at radius 2 is 1.85 bits per heavy atom. The summed E-state index contributed by atoms with van der Waals surface area (Å²) in [6.07, 6.45) is -0.129. The number of rotatable bonds is 9. The van der Waals surface area contributed by atoms with E-state index < -0.39 is 34.5 Å². The molecule has 1 aliphatic heterocycles. The number of nitrogens with one attached hydrogen (secondary N) is 1. The van der Waals surface area contributed by atoms with E-state index in [1.165, 1.54) is 13.0 Å². The number of esters is 1. The molecular formula is C21H20N4O9. The molecule has 1 aliphatic rings. The number of nitrogens with zero attached hydrogens (tertiary/aromatic N) is 2. The number of carbonyl (C=O) groups excluding carboxylic acids is 5. The molecule has 0 unspecified atom stereocenters. The van der Waals surface area contributed by atoms with Gasteiger partial charge in [-0.1, -0.05) is 0 Å². The van der Waals surface area contributed by atoms with Gasteiger partial charge in [-0.2, -0.15) is 0 Å². The molecule has 0 fully saturated rings. The van der Waals surface area contributed by atoms with Crippen LogP contribution in [0.5, 0.6) is 0 Å². The SMILES string of the molecule is CCOC(=O)c1c(C)oc(NC(=O)CCCN2C(=O)c3ccc([N+](=O)[O-])cc3C2=O)c1C(N)=O. The third-order valence-corrected chi connectivity index (χ3v) is 5.01. The van der Waals surface area contributed by atoms with Gasteiger partial charge in [0, 0.05) is 25.1 Å². The number of non-ortho nitro benzene ring substituents is 1. The number of nitro groups is 1. The van der Waals surface area contributed by atoms with Crippen molar-refractivity contribution in [2.24, 2.45) is 5.73 Å². The summed E-state index contributed by atoms with van der Waals surface area (Å²) in [7, 11) is 0. The van der Waals surface area contributed by atoms with Crippen LogP contribution in [0.1, 0.15) is 67.0 Å². The molecule has 34 heavy (non-hydrogen) atoms. The number of nitro benzene ring substituents is 1. The highest BCUT2D eigenvalue weighted by Crippen LogP contribution is 2.29. The Morgan fingerprint density at radius 1 is 1.18 bits per heavy atom. The van der Waals surface area contributed by atoms with Crippen LogP contribution >= 0.6 is 0 Å². The molecule has 3 N–H and O–H groups in total. The number of hydrogen-bond acceptors (Lipinski definition) is 9. The zero-order chi connectivity index (χ0) is 25.2. The molecule has 1 aromatic heterocycles. The largest absolute Gasteiger partial charge is 0.462 e. The average molecular weight is 472 g/mol. The Hall–Kier alpha value is -4.55. The minimum atomic E-state index is -1.00. The molecule has 1 aromatic carbocycles. The number of carbonyl (C=O) groups is 5. The Kier molecular flexibility index (Phi) is 6.75. The van der Waals surface area contributed by atoms with Crippen molar-refractivity contribution in [3.63, 3.8) is 0 Å². The summed E-state index contributed by atoms with van der Waals surface area (Å²) in [5.41, 5.74) is 4.47. The molecule has 0 spiro atoms. The second kappa shape index (κ2) is 9.52. The molecule has 0 aliphatic carbocycles. The van der Waals surface area contributed by atoms with E-state index in [1.807, 2.05) is 0 Å². The monoisotopic (exact) mass is 472 g/mol. The standard InChI is InChI=1S/C21H20N4O9/c1-3-33-21(30)15-10(2)34-18(16(15)17(22)27)23-14(26)5-4-8-24-19(28)12-7-6-11(25(31)32)9-13(12)20(24)29/h6-7,9H,3-5,8H2,1-2H3,(H2,22,27)(H,23,26). The first-order valence-electron chi connectivity index (χ1n) is 10.1. The van der Waals surface area contributed by atoms with Crippen LogP contribution in [0.25, 0.3) is 0 Å². The van der Waals surface area contributed by atoms with E-state index in [0.717, 1.165) is 17.0 Å². The summed E-state index contributed by atoms with van der Waals surface area (Å²) in [4.78, 5) is 72.4. The van der Waals surface area contributed by atoms with Gasteiger partial charge in [0.05, 0.1) is 22.7 Å². The lowest BCUT2D eigenvalue weighted by Gasteiger charge is -2.13. The van der Waals surface area contributed by atoms with Crippen molar-refractivity contribution in [3.05, 3.63) is 56.3 Å². The Balaban J connectivity index is 1.65. The quantitative estimate of drug-likeness (QED) is 0.237. The van der Waals surface area contributed by atoms with E-state index in [-0.39, 0.29) is 65.6 Å². The topological polar surface area (TPSA) is 192 Å². The Morgan fingerprint density at radius 3 is 2.47 bits per heavy atom. The molecule has 178 valence electrons. The number of primary amides is 1. The highest BCUT2D eigenvalue weighted by Gasteiger charge is 2.36. The second-order valence-electron chi connectivity index (χ2n) is 7.22. The summed E-state index contributed by atoms with van der Waals surface area (Å²) in [6.45, 7) is 2.91. The lowest BCUT2D eigenvalue weighted by molar-refractivity contribution is -0.384. The first kappa shape index (κ1) is 24.1. The fourth-order valence-corrected chi connectivity index (χ4v) is 3.50. The van der Waals surface area contributed by atoms with Gasteiger partial charge in [-0.15, -0.1) is 0 Å². The summed E-state index contributed by atoms with van der Waals surface area (Å²) in [6, 6.07) is 3.38. The Bertz CT molecular complexity index is 1230. The zero-order valence-corrected chi connectivity index (χ0v) is 18.2. The van der Waals surface area contributed by atoms with Crippen molar-refractivity contribution in [1.82, 2.24) is 4.90 Å². The Labute approximate surface area is 192 Å². The van der Waals surface area contributed by atoms with Gasteiger partial charge in [-0.25, -0.2) is 4.79 Å². The number of fused-ring (bicyclic) bond motifs is 1. The molecule has 0 atom stereocenters. The summed E-state index contributed by atoms with van der Waals surface area (Å²) < 4.78 is 10.2. The number of imide groups is 1. The van der Waals surface area contributed by atoms with Crippen LogP contribution in [0.3, 0.4) is 0 Å². The highest BCUT2D eigenvalue weighted by molar-refractivity contribution is 6.21. The average Bonchev–Trinajstić information content (AvgIpc) is 3.22. The highest BCUT2D eigenvalue weighted by atomic mass is 16.6. The number of hydrogen-bond donors (Lipinski definition) is 2. The third kappa shape index (κ3) is 4.48. The van der Waals surface area contributed by atoms with Crippen LogP contribution < -0.4 is 11.1 Å². The van der Waals surface area contributed by atoms with Crippen LogP contribution in [-0.2, 0) is 9.53 Å². The molecule has 13 heteroatoms. The summed E-state index contributed by atoms with van der Waals surface area (Å²) in [5.74, 6) is -4.06. The molecule has 4 amide bonds. The maximum atomic E-state index is 12.5. The molecule has 2 aromatic rings. The maximum Gasteiger partial charge on any atom is 0.342 e. The predicted molar refractivity (Wildman–Crippen MR) is 114 cm³/mol. The van der Waals surface area contributed by atoms with Crippen molar-refractivity contribution < 1.29 is 38.1 Å². The number of ether oxygens (including phenoxy) is 1. The van der Waals surface area contributed by atoms with Gasteiger partial charge in [0.25, 0.3) is 23.4 Å². The summed E-state index contributed by atoms with van der Waals surface area (Å²) in [5, 5.41) is 13.3. The maximum absolute atomic E-state index is 12.5. The molecule has 2 heterocycles. The van der Waals surface area contributed by atoms with E-state index in [4.69, 9.17) is 14.9 Å². The number of aryl methyl sites for hydroxylation is 1. The van der Waals surface area contributed by atoms with Gasteiger partial charge in [-0.3, -0.25) is 39.5 Å². The van der Waals surface area contributed by atoms with Gasteiger partial charge in [0.15, 0.2) is 0 Å². The van der Waals surface area contributed by atoms with Gasteiger partial charge >= 0.3 is 5.97 Å². The first-order valence-corrected chi connectivity index (χ1v) is 10.1. The minimum Gasteiger partial charge on any atom is -0.462 e. The second-order valence-corrected chi connectivity index (χ2v) is 7.22. The fraction of sp³-hybridized carbons (Fsp3) is 0.286. The minimum absolute atomic E-state index is 0.0302. The van der Waals surface area contributed by atoms with Crippen LogP contribution in [0.15, 0.2) is 22.6 Å². The number of furan rings is 1. The molecular weight excluding hydrogens is 452 g/mol. The van der Waals surface area contributed by atoms with Crippen LogP contribution in [-0.4, -0.2) is 52.6 Å². The van der Waals surface area contributed by atoms with Crippen LogP contribution in [0, 0.1) is 17.0 Å². The molecule has 13 nitrogen and oxygen atoms in total. The molecule has 0 saturated heterocycles. The molecule has 0 bridgehead atoms. The number of benzene rings is 1. The summed E-state index contributed by atoms with van der Waals surface area (Å²) >= 11 is 0. The number of amides is 4. The van der Waals surface area contributed by atoms with Gasteiger partial charge in [-0.05, 0) is 26.3 Å². The molecule has 0 saturated carbocycles. The van der Waals surface area contributed by atoms with E-state index >= 15 is 0 Å². The molecule has 0 radical (unpaired) electrons.